The molecule has 3 N–H and O–H groups in total. The summed E-state index contributed by atoms with van der Waals surface area (Å²) in [5.41, 5.74) is -0.836. The van der Waals surface area contributed by atoms with E-state index < -0.39 is 36.0 Å². The summed E-state index contributed by atoms with van der Waals surface area (Å²) in [6, 6.07) is 3.53. The average Bonchev–Trinajstić information content (AvgIpc) is 2.91. The Hall–Kier alpha value is -3.30. The molecule has 2 aliphatic heterocycles. The number of fused-ring (bicyclic) bond motifs is 1. The molecule has 2 heterocycles. The van der Waals surface area contributed by atoms with Crippen LogP contribution in [0.2, 0.25) is 0 Å². The quantitative estimate of drug-likeness (QED) is 0.567. The van der Waals surface area contributed by atoms with Gasteiger partial charge in [0.25, 0.3) is 5.91 Å². The number of carbonyl (C=O) groups excluding carboxylic acids is 4. The lowest BCUT2D eigenvalue weighted by Crippen LogP contribution is -2.49. The molecule has 0 aliphatic carbocycles. The van der Waals surface area contributed by atoms with Gasteiger partial charge in [0, 0.05) is 6.54 Å². The van der Waals surface area contributed by atoms with Crippen LogP contribution in [-0.4, -0.2) is 61.0 Å². The summed E-state index contributed by atoms with van der Waals surface area (Å²) in [7, 11) is 0. The maximum Gasteiger partial charge on any atom is 0.325 e. The second kappa shape index (κ2) is 7.98. The summed E-state index contributed by atoms with van der Waals surface area (Å²) in [5, 5.41) is 7.70. The zero-order valence-electron chi connectivity index (χ0n) is 16.5. The monoisotopic (exact) mass is 404 g/mol. The Morgan fingerprint density at radius 3 is 2.62 bits per heavy atom. The average molecular weight is 404 g/mol. The van der Waals surface area contributed by atoms with Gasteiger partial charge in [0.2, 0.25) is 11.8 Å². The molecule has 1 saturated heterocycles. The van der Waals surface area contributed by atoms with E-state index in [-0.39, 0.29) is 5.91 Å². The maximum absolute atomic E-state index is 13.0. The molecular weight excluding hydrogens is 380 g/mol. The fourth-order valence-electron chi connectivity index (χ4n) is 3.21. The van der Waals surface area contributed by atoms with Crippen molar-refractivity contribution in [2.24, 2.45) is 0 Å². The maximum atomic E-state index is 13.0. The van der Waals surface area contributed by atoms with Gasteiger partial charge in [-0.25, -0.2) is 4.79 Å². The molecule has 0 spiro atoms. The minimum Gasteiger partial charge on any atom is -0.486 e. The van der Waals surface area contributed by atoms with Gasteiger partial charge in [0.1, 0.15) is 31.3 Å². The van der Waals surface area contributed by atoms with Crippen LogP contribution in [0.4, 0.5) is 4.79 Å². The molecule has 10 nitrogen and oxygen atoms in total. The molecule has 0 aromatic heterocycles. The number of carbonyl (C=O) groups is 4. The van der Waals surface area contributed by atoms with Crippen molar-refractivity contribution in [2.45, 2.75) is 32.4 Å². The fraction of sp³-hybridized carbons (Fsp3) is 0.474. The van der Waals surface area contributed by atoms with Crippen LogP contribution in [0.1, 0.15) is 26.3 Å². The van der Waals surface area contributed by atoms with Crippen LogP contribution in [0.5, 0.6) is 11.5 Å². The van der Waals surface area contributed by atoms with Crippen molar-refractivity contribution in [1.82, 2.24) is 20.9 Å². The summed E-state index contributed by atoms with van der Waals surface area (Å²) in [5.74, 6) is -0.474. The number of hydrogen-bond acceptors (Lipinski definition) is 6. The van der Waals surface area contributed by atoms with Crippen LogP contribution in [0, 0.1) is 0 Å². The standard InChI is InChI=1S/C19H24N4O6/c1-4-20-16(25)11(2)21-15(24)10-23-17(26)19(3,22-18(23)27)12-5-6-13-14(9-12)29-8-7-28-13/h5-6,9,11H,4,7-8,10H2,1-3H3,(H,20,25)(H,21,24)(H,22,27)/t11-,19+/m0/s1. The van der Waals surface area contributed by atoms with Gasteiger partial charge in [0.05, 0.1) is 0 Å². The molecule has 1 fully saturated rings. The lowest BCUT2D eigenvalue weighted by molar-refractivity contribution is -0.135. The third-order valence-electron chi connectivity index (χ3n) is 4.82. The van der Waals surface area contributed by atoms with Gasteiger partial charge in [-0.05, 0) is 38.5 Å². The van der Waals surface area contributed by atoms with E-state index in [0.29, 0.717) is 36.8 Å². The number of ether oxygens (including phenoxy) is 2. The number of likely N-dealkylation sites (N-methyl/N-ethyl adjacent to an activating group) is 1. The van der Waals surface area contributed by atoms with Gasteiger partial charge in [0.15, 0.2) is 11.5 Å². The Morgan fingerprint density at radius 1 is 1.24 bits per heavy atom. The highest BCUT2D eigenvalue weighted by atomic mass is 16.6. The number of nitrogens with zero attached hydrogens (tertiary/aromatic N) is 1. The number of amides is 5. The molecule has 1 aromatic carbocycles. The minimum absolute atomic E-state index is 0.348. The summed E-state index contributed by atoms with van der Waals surface area (Å²) in [4.78, 5) is 50.2. The molecule has 3 rings (SSSR count). The molecule has 2 aliphatic rings. The molecule has 0 bridgehead atoms. The lowest BCUT2D eigenvalue weighted by atomic mass is 9.91. The van der Waals surface area contributed by atoms with Crippen LogP contribution >= 0.6 is 0 Å². The largest absolute Gasteiger partial charge is 0.486 e. The first kappa shape index (κ1) is 20.4. The first-order chi connectivity index (χ1) is 13.8. The van der Waals surface area contributed by atoms with Crippen molar-refractivity contribution in [3.63, 3.8) is 0 Å². The van der Waals surface area contributed by atoms with E-state index in [9.17, 15) is 19.2 Å². The number of urea groups is 1. The van der Waals surface area contributed by atoms with Crippen LogP contribution in [0.15, 0.2) is 18.2 Å². The molecule has 10 heteroatoms. The highest BCUT2D eigenvalue weighted by molar-refractivity contribution is 6.09. The Morgan fingerprint density at radius 2 is 1.93 bits per heavy atom. The molecule has 156 valence electrons. The van der Waals surface area contributed by atoms with Gasteiger partial charge in [-0.1, -0.05) is 6.07 Å². The summed E-state index contributed by atoms with van der Waals surface area (Å²) in [6.07, 6.45) is 0. The van der Waals surface area contributed by atoms with Crippen molar-refractivity contribution in [1.29, 1.82) is 0 Å². The highest BCUT2D eigenvalue weighted by Crippen LogP contribution is 2.36. The topological polar surface area (TPSA) is 126 Å². The summed E-state index contributed by atoms with van der Waals surface area (Å²) < 4.78 is 11.0. The molecule has 0 saturated carbocycles. The Balaban J connectivity index is 1.72. The van der Waals surface area contributed by atoms with E-state index in [1.54, 1.807) is 32.0 Å². The molecule has 0 unspecified atom stereocenters. The van der Waals surface area contributed by atoms with Crippen LogP contribution in [-0.2, 0) is 19.9 Å². The molecule has 1 aromatic rings. The van der Waals surface area contributed by atoms with Gasteiger partial charge < -0.3 is 25.4 Å². The number of nitrogens with one attached hydrogen (secondary N) is 3. The van der Waals surface area contributed by atoms with E-state index in [1.807, 2.05) is 0 Å². The zero-order valence-corrected chi connectivity index (χ0v) is 16.5. The smallest absolute Gasteiger partial charge is 0.325 e. The highest BCUT2D eigenvalue weighted by Gasteiger charge is 2.49. The minimum atomic E-state index is -1.35. The van der Waals surface area contributed by atoms with Crippen molar-refractivity contribution < 1.29 is 28.7 Å². The molecule has 0 radical (unpaired) electrons. The molecule has 2 atom stereocenters. The zero-order chi connectivity index (χ0) is 21.2. The molecular formula is C19H24N4O6. The normalized spacial score (nSPS) is 21.4. The van der Waals surface area contributed by atoms with E-state index >= 15 is 0 Å². The predicted octanol–water partition coefficient (Wildman–Crippen LogP) is -0.134. The molecule has 5 amide bonds. The van der Waals surface area contributed by atoms with Gasteiger partial charge in [-0.15, -0.1) is 0 Å². The van der Waals surface area contributed by atoms with Crippen molar-refractivity contribution >= 4 is 23.8 Å². The third kappa shape index (κ3) is 3.96. The van der Waals surface area contributed by atoms with E-state index in [1.165, 1.54) is 6.92 Å². The fourth-order valence-corrected chi connectivity index (χ4v) is 3.21. The van der Waals surface area contributed by atoms with Crippen LogP contribution in [0.3, 0.4) is 0 Å². The van der Waals surface area contributed by atoms with Crippen molar-refractivity contribution in [3.8, 4) is 11.5 Å². The Labute approximate surface area is 167 Å². The Bertz CT molecular complexity index is 857. The Kier molecular flexibility index (Phi) is 5.62. The lowest BCUT2D eigenvalue weighted by Gasteiger charge is -2.25. The van der Waals surface area contributed by atoms with Crippen molar-refractivity contribution in [3.05, 3.63) is 23.8 Å². The first-order valence-corrected chi connectivity index (χ1v) is 9.37. The van der Waals surface area contributed by atoms with Crippen molar-refractivity contribution in [2.75, 3.05) is 26.3 Å². The number of rotatable bonds is 6. The third-order valence-corrected chi connectivity index (χ3v) is 4.82. The number of benzene rings is 1. The second-order valence-electron chi connectivity index (χ2n) is 6.99. The van der Waals surface area contributed by atoms with E-state index in [4.69, 9.17) is 9.47 Å². The molecule has 29 heavy (non-hydrogen) atoms. The predicted molar refractivity (Wildman–Crippen MR) is 101 cm³/mol. The van der Waals surface area contributed by atoms with Crippen LogP contribution in [0.25, 0.3) is 0 Å². The number of hydrogen-bond donors (Lipinski definition) is 3. The SMILES string of the molecule is CCNC(=O)[C@H](C)NC(=O)CN1C(=O)N[C@](C)(c2ccc3c(c2)OCCO3)C1=O. The van der Waals surface area contributed by atoms with Gasteiger partial charge >= 0.3 is 6.03 Å². The van der Waals surface area contributed by atoms with Crippen LogP contribution < -0.4 is 25.4 Å². The number of imide groups is 1. The van der Waals surface area contributed by atoms with Gasteiger partial charge in [-0.2, -0.15) is 0 Å². The second-order valence-corrected chi connectivity index (χ2v) is 6.99. The van der Waals surface area contributed by atoms with E-state index in [0.717, 1.165) is 4.90 Å². The summed E-state index contributed by atoms with van der Waals surface area (Å²) in [6.45, 7) is 5.62. The summed E-state index contributed by atoms with van der Waals surface area (Å²) >= 11 is 0. The van der Waals surface area contributed by atoms with E-state index in [2.05, 4.69) is 16.0 Å². The van der Waals surface area contributed by atoms with Gasteiger partial charge in [-0.3, -0.25) is 19.3 Å². The first-order valence-electron chi connectivity index (χ1n) is 9.37.